The van der Waals surface area contributed by atoms with Crippen molar-refractivity contribution in [1.29, 1.82) is 0 Å². The number of halogens is 1. The standard InChI is InChI=1S/C16H14ClNO3/c1-9-2-4-10(5-3-9)16(21)13-8-12(17)6-11(15(13)18)7-14(19)20/h2-6,8H,7,18H2,1H3,(H,19,20). The van der Waals surface area contributed by atoms with E-state index in [1.807, 2.05) is 19.1 Å². The average Bonchev–Trinajstić information content (AvgIpc) is 2.42. The van der Waals surface area contributed by atoms with E-state index in [1.54, 1.807) is 12.1 Å². The van der Waals surface area contributed by atoms with E-state index in [0.717, 1.165) is 5.56 Å². The Hall–Kier alpha value is -2.33. The van der Waals surface area contributed by atoms with Gasteiger partial charge in [0.05, 0.1) is 6.42 Å². The third kappa shape index (κ3) is 3.41. The van der Waals surface area contributed by atoms with Crippen LogP contribution in [0.5, 0.6) is 0 Å². The maximum Gasteiger partial charge on any atom is 0.307 e. The molecule has 0 aliphatic rings. The van der Waals surface area contributed by atoms with E-state index in [1.165, 1.54) is 12.1 Å². The van der Waals surface area contributed by atoms with Gasteiger partial charge in [-0.15, -0.1) is 0 Å². The fourth-order valence-corrected chi connectivity index (χ4v) is 2.27. The molecule has 2 rings (SSSR count). The number of benzene rings is 2. The summed E-state index contributed by atoms with van der Waals surface area (Å²) in [6.07, 6.45) is -0.277. The summed E-state index contributed by atoms with van der Waals surface area (Å²) in [6, 6.07) is 9.99. The normalized spacial score (nSPS) is 10.4. The van der Waals surface area contributed by atoms with Crippen LogP contribution in [0.25, 0.3) is 0 Å². The van der Waals surface area contributed by atoms with Crippen molar-refractivity contribution in [1.82, 2.24) is 0 Å². The second kappa shape index (κ2) is 5.97. The monoisotopic (exact) mass is 303 g/mol. The molecule has 0 heterocycles. The number of aliphatic carboxylic acids is 1. The van der Waals surface area contributed by atoms with Crippen LogP contribution < -0.4 is 5.73 Å². The summed E-state index contributed by atoms with van der Waals surface area (Å²) in [5.74, 6) is -1.31. The third-order valence-corrected chi connectivity index (χ3v) is 3.35. The third-order valence-electron chi connectivity index (χ3n) is 3.13. The van der Waals surface area contributed by atoms with Crippen LogP contribution in [-0.4, -0.2) is 16.9 Å². The van der Waals surface area contributed by atoms with Gasteiger partial charge in [0.15, 0.2) is 5.78 Å². The van der Waals surface area contributed by atoms with Gasteiger partial charge in [0.2, 0.25) is 0 Å². The summed E-state index contributed by atoms with van der Waals surface area (Å²) < 4.78 is 0. The molecule has 108 valence electrons. The zero-order valence-electron chi connectivity index (χ0n) is 11.4. The number of hydrogen-bond acceptors (Lipinski definition) is 3. The molecule has 0 aliphatic heterocycles. The Morgan fingerprint density at radius 1 is 1.19 bits per heavy atom. The summed E-state index contributed by atoms with van der Waals surface area (Å²) in [4.78, 5) is 23.3. The first-order valence-corrected chi connectivity index (χ1v) is 6.67. The van der Waals surface area contributed by atoms with E-state index in [-0.39, 0.29) is 28.5 Å². The van der Waals surface area contributed by atoms with Crippen LogP contribution in [-0.2, 0) is 11.2 Å². The minimum absolute atomic E-state index is 0.160. The molecule has 3 N–H and O–H groups in total. The number of carbonyl (C=O) groups excluding carboxylic acids is 1. The van der Waals surface area contributed by atoms with Gasteiger partial charge in [-0.05, 0) is 24.6 Å². The minimum atomic E-state index is -1.03. The second-order valence-corrected chi connectivity index (χ2v) is 5.23. The second-order valence-electron chi connectivity index (χ2n) is 4.79. The predicted octanol–water partition coefficient (Wildman–Crippen LogP) is 3.09. The van der Waals surface area contributed by atoms with Crippen molar-refractivity contribution in [2.24, 2.45) is 0 Å². The van der Waals surface area contributed by atoms with Crippen molar-refractivity contribution in [3.8, 4) is 0 Å². The highest BCUT2D eigenvalue weighted by molar-refractivity contribution is 6.31. The number of nitrogens with two attached hydrogens (primary N) is 1. The van der Waals surface area contributed by atoms with E-state index < -0.39 is 5.97 Å². The highest BCUT2D eigenvalue weighted by Crippen LogP contribution is 2.26. The Bertz CT molecular complexity index is 708. The Morgan fingerprint density at radius 2 is 1.81 bits per heavy atom. The summed E-state index contributed by atoms with van der Waals surface area (Å²) in [7, 11) is 0. The molecule has 5 heteroatoms. The molecular weight excluding hydrogens is 290 g/mol. The lowest BCUT2D eigenvalue weighted by atomic mass is 9.97. The van der Waals surface area contributed by atoms with Gasteiger partial charge in [-0.2, -0.15) is 0 Å². The molecule has 2 aromatic rings. The first-order valence-electron chi connectivity index (χ1n) is 6.29. The van der Waals surface area contributed by atoms with Gasteiger partial charge in [-0.1, -0.05) is 41.4 Å². The SMILES string of the molecule is Cc1ccc(C(=O)c2cc(Cl)cc(CC(=O)O)c2N)cc1. The van der Waals surface area contributed by atoms with Gasteiger partial charge >= 0.3 is 5.97 Å². The number of carboxylic acids is 1. The topological polar surface area (TPSA) is 80.4 Å². The van der Waals surface area contributed by atoms with Gasteiger partial charge < -0.3 is 10.8 Å². The molecule has 21 heavy (non-hydrogen) atoms. The number of hydrogen-bond donors (Lipinski definition) is 2. The fraction of sp³-hybridized carbons (Fsp3) is 0.125. The van der Waals surface area contributed by atoms with Crippen molar-refractivity contribution in [3.63, 3.8) is 0 Å². The number of ketones is 1. The number of carboxylic acid groups (broad SMARTS) is 1. The first-order chi connectivity index (χ1) is 9.88. The van der Waals surface area contributed by atoms with Crippen LogP contribution in [0.2, 0.25) is 5.02 Å². The van der Waals surface area contributed by atoms with E-state index in [2.05, 4.69) is 0 Å². The van der Waals surface area contributed by atoms with Crippen LogP contribution in [0.15, 0.2) is 36.4 Å². The fourth-order valence-electron chi connectivity index (χ4n) is 2.03. The number of aryl methyl sites for hydroxylation is 1. The van der Waals surface area contributed by atoms with Crippen molar-refractivity contribution in [3.05, 3.63) is 63.7 Å². The molecule has 0 radical (unpaired) electrons. The average molecular weight is 304 g/mol. The Kier molecular flexibility index (Phi) is 4.29. The number of nitrogen functional groups attached to an aromatic ring is 1. The molecule has 0 unspecified atom stereocenters. The molecule has 0 bridgehead atoms. The zero-order valence-corrected chi connectivity index (χ0v) is 12.1. The molecule has 2 aromatic carbocycles. The highest BCUT2D eigenvalue weighted by atomic mass is 35.5. The van der Waals surface area contributed by atoms with Crippen molar-refractivity contribution >= 4 is 29.0 Å². The Morgan fingerprint density at radius 3 is 2.38 bits per heavy atom. The predicted molar refractivity (Wildman–Crippen MR) is 81.8 cm³/mol. The van der Waals surface area contributed by atoms with Gasteiger partial charge in [0, 0.05) is 21.8 Å². The first kappa shape index (κ1) is 15.1. The van der Waals surface area contributed by atoms with Gasteiger partial charge in [0.25, 0.3) is 0 Å². The molecule has 0 atom stereocenters. The summed E-state index contributed by atoms with van der Waals surface area (Å²) in [6.45, 7) is 1.92. The summed E-state index contributed by atoms with van der Waals surface area (Å²) >= 11 is 5.96. The van der Waals surface area contributed by atoms with Crippen LogP contribution in [0.3, 0.4) is 0 Å². The lowest BCUT2D eigenvalue weighted by Crippen LogP contribution is -2.10. The van der Waals surface area contributed by atoms with E-state index >= 15 is 0 Å². The van der Waals surface area contributed by atoms with E-state index in [0.29, 0.717) is 11.1 Å². The minimum Gasteiger partial charge on any atom is -0.481 e. The van der Waals surface area contributed by atoms with Gasteiger partial charge in [0.1, 0.15) is 0 Å². The van der Waals surface area contributed by atoms with Crippen molar-refractivity contribution < 1.29 is 14.7 Å². The zero-order chi connectivity index (χ0) is 15.6. The van der Waals surface area contributed by atoms with Gasteiger partial charge in [-0.3, -0.25) is 9.59 Å². The molecule has 0 spiro atoms. The molecule has 0 aromatic heterocycles. The van der Waals surface area contributed by atoms with Crippen LogP contribution in [0.4, 0.5) is 5.69 Å². The lowest BCUT2D eigenvalue weighted by molar-refractivity contribution is -0.136. The number of anilines is 1. The van der Waals surface area contributed by atoms with Crippen LogP contribution in [0, 0.1) is 6.92 Å². The lowest BCUT2D eigenvalue weighted by Gasteiger charge is -2.10. The summed E-state index contributed by atoms with van der Waals surface area (Å²) in [5, 5.41) is 9.16. The highest BCUT2D eigenvalue weighted by Gasteiger charge is 2.17. The molecular formula is C16H14ClNO3. The molecule has 0 saturated carbocycles. The smallest absolute Gasteiger partial charge is 0.307 e. The largest absolute Gasteiger partial charge is 0.481 e. The maximum atomic E-state index is 12.5. The van der Waals surface area contributed by atoms with Crippen LogP contribution in [0.1, 0.15) is 27.0 Å². The van der Waals surface area contributed by atoms with Gasteiger partial charge in [-0.25, -0.2) is 0 Å². The summed E-state index contributed by atoms with van der Waals surface area (Å²) in [5.41, 5.74) is 8.17. The molecule has 4 nitrogen and oxygen atoms in total. The maximum absolute atomic E-state index is 12.5. The number of rotatable bonds is 4. The molecule has 0 amide bonds. The number of carbonyl (C=O) groups is 2. The molecule has 0 saturated heterocycles. The quantitative estimate of drug-likeness (QED) is 0.672. The Labute approximate surface area is 127 Å². The van der Waals surface area contributed by atoms with Crippen LogP contribution >= 0.6 is 11.6 Å². The Balaban J connectivity index is 2.47. The molecule has 0 fully saturated rings. The van der Waals surface area contributed by atoms with E-state index in [4.69, 9.17) is 22.4 Å². The van der Waals surface area contributed by atoms with Crippen molar-refractivity contribution in [2.45, 2.75) is 13.3 Å². The van der Waals surface area contributed by atoms with Crippen molar-refractivity contribution in [2.75, 3.05) is 5.73 Å². The van der Waals surface area contributed by atoms with E-state index in [9.17, 15) is 9.59 Å². The molecule has 0 aliphatic carbocycles.